The summed E-state index contributed by atoms with van der Waals surface area (Å²) in [5.41, 5.74) is 0. The zero-order chi connectivity index (χ0) is 18.2. The van der Waals surface area contributed by atoms with Gasteiger partial charge in [0, 0.05) is 38.6 Å². The molecule has 24 heavy (non-hydrogen) atoms. The van der Waals surface area contributed by atoms with E-state index in [9.17, 15) is 18.0 Å². The van der Waals surface area contributed by atoms with Crippen molar-refractivity contribution >= 4 is 22.0 Å². The molecule has 8 nitrogen and oxygen atoms in total. The first kappa shape index (κ1) is 20.4. The molecular formula is C15H27N3O5S. The van der Waals surface area contributed by atoms with Crippen LogP contribution in [0, 0.1) is 0 Å². The van der Waals surface area contributed by atoms with E-state index in [4.69, 9.17) is 4.74 Å². The zero-order valence-corrected chi connectivity index (χ0v) is 15.2. The Bertz CT molecular complexity index is 541. The maximum atomic E-state index is 12.0. The van der Waals surface area contributed by atoms with Crippen LogP contribution in [0.5, 0.6) is 0 Å². The summed E-state index contributed by atoms with van der Waals surface area (Å²) < 4.78 is 29.3. The fourth-order valence-corrected chi connectivity index (χ4v) is 3.28. The van der Waals surface area contributed by atoms with Gasteiger partial charge in [0.25, 0.3) is 0 Å². The summed E-state index contributed by atoms with van der Waals surface area (Å²) in [6, 6.07) is -0.00531. The molecule has 138 valence electrons. The summed E-state index contributed by atoms with van der Waals surface area (Å²) in [5, 5.41) is 2.89. The molecule has 1 N–H and O–H groups in total. The molecular weight excluding hydrogens is 334 g/mol. The van der Waals surface area contributed by atoms with Crippen molar-refractivity contribution in [3.05, 3.63) is 12.7 Å². The van der Waals surface area contributed by atoms with Crippen LogP contribution in [-0.2, 0) is 19.6 Å². The Morgan fingerprint density at radius 1 is 1.38 bits per heavy atom. The second kappa shape index (κ2) is 9.63. The molecule has 1 aliphatic rings. The quantitative estimate of drug-likeness (QED) is 0.637. The molecule has 0 radical (unpaired) electrons. The summed E-state index contributed by atoms with van der Waals surface area (Å²) in [6.45, 7) is 7.01. The lowest BCUT2D eigenvalue weighted by molar-refractivity contribution is -0.122. The summed E-state index contributed by atoms with van der Waals surface area (Å²) >= 11 is 0. The van der Waals surface area contributed by atoms with Gasteiger partial charge < -0.3 is 15.0 Å². The van der Waals surface area contributed by atoms with Crippen LogP contribution >= 0.6 is 0 Å². The molecule has 0 aromatic carbocycles. The first-order chi connectivity index (χ1) is 11.3. The van der Waals surface area contributed by atoms with E-state index < -0.39 is 10.0 Å². The van der Waals surface area contributed by atoms with Gasteiger partial charge in [-0.1, -0.05) is 6.08 Å². The van der Waals surface area contributed by atoms with E-state index in [0.29, 0.717) is 32.5 Å². The van der Waals surface area contributed by atoms with Crippen molar-refractivity contribution in [2.45, 2.75) is 32.2 Å². The van der Waals surface area contributed by atoms with E-state index >= 15 is 0 Å². The van der Waals surface area contributed by atoms with Crippen LogP contribution in [0.1, 0.15) is 26.2 Å². The first-order valence-electron chi connectivity index (χ1n) is 8.05. The number of ether oxygens (including phenoxy) is 1. The van der Waals surface area contributed by atoms with Gasteiger partial charge in [-0.25, -0.2) is 13.2 Å². The summed E-state index contributed by atoms with van der Waals surface area (Å²) in [4.78, 5) is 25.2. The van der Waals surface area contributed by atoms with Gasteiger partial charge in [0.05, 0.1) is 12.9 Å². The summed E-state index contributed by atoms with van der Waals surface area (Å²) in [5.74, 6) is -0.192. The van der Waals surface area contributed by atoms with Crippen LogP contribution in [-0.4, -0.2) is 74.7 Å². The van der Waals surface area contributed by atoms with Gasteiger partial charge in [-0.2, -0.15) is 4.31 Å². The Morgan fingerprint density at radius 3 is 2.50 bits per heavy atom. The Hall–Kier alpha value is -1.61. The van der Waals surface area contributed by atoms with E-state index in [1.54, 1.807) is 11.8 Å². The molecule has 1 aliphatic heterocycles. The van der Waals surface area contributed by atoms with Gasteiger partial charge in [-0.3, -0.25) is 4.79 Å². The normalized spacial score (nSPS) is 16.0. The predicted octanol–water partition coefficient (Wildman–Crippen LogP) is 0.561. The fourth-order valence-electron chi connectivity index (χ4n) is 2.48. The highest BCUT2D eigenvalue weighted by Crippen LogP contribution is 2.12. The van der Waals surface area contributed by atoms with Crippen LogP contribution in [0.3, 0.4) is 0 Å². The number of piperidine rings is 1. The molecule has 0 spiro atoms. The fraction of sp³-hybridized carbons (Fsp3) is 0.733. The summed E-state index contributed by atoms with van der Waals surface area (Å²) in [7, 11) is -3.35. The van der Waals surface area contributed by atoms with Crippen molar-refractivity contribution in [1.82, 2.24) is 14.5 Å². The van der Waals surface area contributed by atoms with E-state index in [-0.39, 0.29) is 37.6 Å². The van der Waals surface area contributed by atoms with Crippen molar-refractivity contribution < 1.29 is 22.7 Å². The highest BCUT2D eigenvalue weighted by atomic mass is 32.2. The van der Waals surface area contributed by atoms with Gasteiger partial charge >= 0.3 is 6.09 Å². The van der Waals surface area contributed by atoms with Crippen molar-refractivity contribution in [2.75, 3.05) is 39.0 Å². The predicted molar refractivity (Wildman–Crippen MR) is 91.0 cm³/mol. The molecule has 1 heterocycles. The minimum atomic E-state index is -3.35. The number of rotatable bonds is 8. The smallest absolute Gasteiger partial charge is 0.409 e. The number of carbonyl (C=O) groups excluding carboxylic acids is 2. The minimum absolute atomic E-state index is 0.00531. The lowest BCUT2D eigenvalue weighted by Crippen LogP contribution is -2.47. The molecule has 0 aliphatic carbocycles. The Labute approximate surface area is 143 Å². The maximum absolute atomic E-state index is 12.0. The van der Waals surface area contributed by atoms with Gasteiger partial charge in [0.2, 0.25) is 15.9 Å². The van der Waals surface area contributed by atoms with Gasteiger partial charge in [0.15, 0.2) is 0 Å². The zero-order valence-electron chi connectivity index (χ0n) is 14.4. The van der Waals surface area contributed by atoms with Gasteiger partial charge in [-0.05, 0) is 19.8 Å². The molecule has 1 fully saturated rings. The number of carbonyl (C=O) groups is 2. The van der Waals surface area contributed by atoms with Crippen molar-refractivity contribution in [2.24, 2.45) is 0 Å². The second-order valence-corrected chi connectivity index (χ2v) is 7.67. The Kier molecular flexibility index (Phi) is 8.20. The average Bonchev–Trinajstić information content (AvgIpc) is 2.51. The van der Waals surface area contributed by atoms with E-state index in [1.807, 2.05) is 0 Å². The second-order valence-electron chi connectivity index (χ2n) is 5.69. The monoisotopic (exact) mass is 361 g/mol. The lowest BCUT2D eigenvalue weighted by atomic mass is 10.1. The summed E-state index contributed by atoms with van der Waals surface area (Å²) in [6.07, 6.45) is 3.69. The van der Waals surface area contributed by atoms with Crippen LogP contribution < -0.4 is 5.32 Å². The molecule has 9 heteroatoms. The van der Waals surface area contributed by atoms with E-state index in [1.165, 1.54) is 10.4 Å². The topological polar surface area (TPSA) is 96.0 Å². The van der Waals surface area contributed by atoms with Crippen molar-refractivity contribution in [3.63, 3.8) is 0 Å². The maximum Gasteiger partial charge on any atom is 0.409 e. The molecule has 0 aromatic heterocycles. The average molecular weight is 361 g/mol. The Morgan fingerprint density at radius 2 is 2.00 bits per heavy atom. The third-order valence-electron chi connectivity index (χ3n) is 3.78. The van der Waals surface area contributed by atoms with E-state index in [0.717, 1.165) is 6.26 Å². The van der Waals surface area contributed by atoms with Crippen molar-refractivity contribution in [1.29, 1.82) is 0 Å². The van der Waals surface area contributed by atoms with Crippen LogP contribution in [0.25, 0.3) is 0 Å². The molecule has 0 atom stereocenters. The largest absolute Gasteiger partial charge is 0.450 e. The lowest BCUT2D eigenvalue weighted by Gasteiger charge is -2.31. The van der Waals surface area contributed by atoms with Gasteiger partial charge in [-0.15, -0.1) is 6.58 Å². The molecule has 0 saturated carbocycles. The van der Waals surface area contributed by atoms with Crippen molar-refractivity contribution in [3.8, 4) is 0 Å². The third kappa shape index (κ3) is 6.88. The number of likely N-dealkylation sites (tertiary alicyclic amines) is 1. The minimum Gasteiger partial charge on any atom is -0.450 e. The standard InChI is InChI=1S/C15H27N3O5S/c1-4-9-18(24(3,21)22)12-8-14(19)16-13-6-10-17(11-7-13)15(20)23-5-2/h4,13H,1,5-12H2,2-3H3,(H,16,19). The molecule has 2 amide bonds. The number of amides is 2. The highest BCUT2D eigenvalue weighted by Gasteiger charge is 2.25. The first-order valence-corrected chi connectivity index (χ1v) is 9.89. The SMILES string of the molecule is C=CCN(CCC(=O)NC1CCN(C(=O)OCC)CC1)S(C)(=O)=O. The molecule has 1 rings (SSSR count). The number of hydrogen-bond donors (Lipinski definition) is 1. The molecule has 0 aromatic rings. The van der Waals surface area contributed by atoms with Crippen LogP contribution in [0.4, 0.5) is 4.79 Å². The number of sulfonamides is 1. The molecule has 0 unspecified atom stereocenters. The van der Waals surface area contributed by atoms with E-state index in [2.05, 4.69) is 11.9 Å². The highest BCUT2D eigenvalue weighted by molar-refractivity contribution is 7.88. The third-order valence-corrected chi connectivity index (χ3v) is 5.05. The molecule has 0 bridgehead atoms. The number of hydrogen-bond acceptors (Lipinski definition) is 5. The Balaban J connectivity index is 2.36. The van der Waals surface area contributed by atoms with Crippen LogP contribution in [0.15, 0.2) is 12.7 Å². The number of nitrogens with one attached hydrogen (secondary N) is 1. The molecule has 1 saturated heterocycles. The van der Waals surface area contributed by atoms with Crippen LogP contribution in [0.2, 0.25) is 0 Å². The van der Waals surface area contributed by atoms with Gasteiger partial charge in [0.1, 0.15) is 0 Å². The number of nitrogens with zero attached hydrogens (tertiary/aromatic N) is 2.